The second-order valence-electron chi connectivity index (χ2n) is 4.02. The number of carbonyl (C=O) groups excluding carboxylic acids is 1. The van der Waals surface area contributed by atoms with Crippen LogP contribution in [0.1, 0.15) is 12.8 Å². The highest BCUT2D eigenvalue weighted by Crippen LogP contribution is 2.08. The number of nitrogens with zero attached hydrogens (tertiary/aromatic N) is 2. The second kappa shape index (κ2) is 5.34. The molecular formula is C10H18N2O3S. The zero-order chi connectivity index (χ0) is 12.2. The molecule has 0 spiro atoms. The molecule has 0 bridgehead atoms. The van der Waals surface area contributed by atoms with Crippen molar-refractivity contribution in [1.82, 2.24) is 9.80 Å². The summed E-state index contributed by atoms with van der Waals surface area (Å²) in [6.45, 7) is 0.725. The number of sulfone groups is 1. The van der Waals surface area contributed by atoms with E-state index in [1.165, 1.54) is 0 Å². The lowest BCUT2D eigenvalue weighted by Crippen LogP contribution is -2.38. The molecule has 5 nitrogen and oxygen atoms in total. The van der Waals surface area contributed by atoms with Crippen LogP contribution in [0.5, 0.6) is 0 Å². The SMILES string of the molecule is CN1C=CCN(C)C1=O.O=S1(=O)CCCC1. The van der Waals surface area contributed by atoms with Crippen LogP contribution < -0.4 is 0 Å². The maximum absolute atomic E-state index is 10.9. The molecule has 0 radical (unpaired) electrons. The number of hydrogen-bond acceptors (Lipinski definition) is 3. The molecular weight excluding hydrogens is 228 g/mol. The lowest BCUT2D eigenvalue weighted by Gasteiger charge is -2.24. The quantitative estimate of drug-likeness (QED) is 0.632. The Balaban J connectivity index is 0.000000165. The predicted molar refractivity (Wildman–Crippen MR) is 62.8 cm³/mol. The molecule has 2 rings (SSSR count). The first-order valence-electron chi connectivity index (χ1n) is 5.27. The molecule has 1 fully saturated rings. The van der Waals surface area contributed by atoms with Gasteiger partial charge in [0.15, 0.2) is 0 Å². The molecule has 2 aliphatic heterocycles. The summed E-state index contributed by atoms with van der Waals surface area (Å²) in [4.78, 5) is 14.1. The fourth-order valence-electron chi connectivity index (χ4n) is 1.52. The van der Waals surface area contributed by atoms with Crippen molar-refractivity contribution in [3.8, 4) is 0 Å². The van der Waals surface area contributed by atoms with Gasteiger partial charge in [0.2, 0.25) is 0 Å². The molecule has 2 aliphatic rings. The minimum absolute atomic E-state index is 0.0532. The number of carbonyl (C=O) groups is 1. The van der Waals surface area contributed by atoms with E-state index in [1.54, 1.807) is 30.1 Å². The highest BCUT2D eigenvalue weighted by atomic mass is 32.2. The van der Waals surface area contributed by atoms with Crippen LogP contribution in [0.15, 0.2) is 12.3 Å². The van der Waals surface area contributed by atoms with Crippen molar-refractivity contribution in [2.75, 3.05) is 32.1 Å². The van der Waals surface area contributed by atoms with Gasteiger partial charge in [0.1, 0.15) is 9.84 Å². The Hall–Kier alpha value is -1.04. The summed E-state index contributed by atoms with van der Waals surface area (Å²) < 4.78 is 20.9. The van der Waals surface area contributed by atoms with Gasteiger partial charge in [-0.3, -0.25) is 0 Å². The standard InChI is InChI=1S/C6H10N2O.C4H8O2S/c1-7-4-3-5-8(2)6(7)9;5-7(6)3-1-2-4-7/h3-4H,5H2,1-2H3;1-4H2. The van der Waals surface area contributed by atoms with Crippen LogP contribution in [0.4, 0.5) is 4.79 Å². The third kappa shape index (κ3) is 3.84. The fourth-order valence-corrected chi connectivity index (χ4v) is 3.01. The van der Waals surface area contributed by atoms with E-state index < -0.39 is 9.84 Å². The lowest BCUT2D eigenvalue weighted by atomic mass is 10.4. The van der Waals surface area contributed by atoms with Crippen LogP contribution in [-0.4, -0.2) is 56.4 Å². The maximum atomic E-state index is 10.9. The Labute approximate surface area is 96.6 Å². The molecule has 2 heterocycles. The maximum Gasteiger partial charge on any atom is 0.323 e. The monoisotopic (exact) mass is 246 g/mol. The first-order chi connectivity index (χ1) is 7.42. The van der Waals surface area contributed by atoms with E-state index in [0.29, 0.717) is 11.5 Å². The third-order valence-corrected chi connectivity index (χ3v) is 4.32. The molecule has 0 aliphatic carbocycles. The summed E-state index contributed by atoms with van der Waals surface area (Å²) in [7, 11) is 0.978. The minimum Gasteiger partial charge on any atom is -0.324 e. The highest BCUT2D eigenvalue weighted by Gasteiger charge is 2.16. The van der Waals surface area contributed by atoms with Gasteiger partial charge in [-0.25, -0.2) is 13.2 Å². The van der Waals surface area contributed by atoms with Gasteiger partial charge in [-0.1, -0.05) is 0 Å². The Morgan fingerprint density at radius 2 is 1.75 bits per heavy atom. The molecule has 0 atom stereocenters. The lowest BCUT2D eigenvalue weighted by molar-refractivity contribution is 0.187. The molecule has 92 valence electrons. The number of urea groups is 1. The fraction of sp³-hybridized carbons (Fsp3) is 0.700. The smallest absolute Gasteiger partial charge is 0.323 e. The van der Waals surface area contributed by atoms with Crippen molar-refractivity contribution in [1.29, 1.82) is 0 Å². The van der Waals surface area contributed by atoms with Crippen molar-refractivity contribution in [2.45, 2.75) is 12.8 Å². The van der Waals surface area contributed by atoms with Crippen molar-refractivity contribution in [3.63, 3.8) is 0 Å². The summed E-state index contributed by atoms with van der Waals surface area (Å²) in [5.41, 5.74) is 0. The topological polar surface area (TPSA) is 57.7 Å². The van der Waals surface area contributed by atoms with E-state index in [0.717, 1.165) is 19.4 Å². The van der Waals surface area contributed by atoms with E-state index in [4.69, 9.17) is 0 Å². The minimum atomic E-state index is -2.55. The molecule has 0 aromatic rings. The van der Waals surface area contributed by atoms with Gasteiger partial charge < -0.3 is 9.80 Å². The van der Waals surface area contributed by atoms with Gasteiger partial charge in [-0.15, -0.1) is 0 Å². The molecule has 0 aromatic heterocycles. The number of hydrogen-bond donors (Lipinski definition) is 0. The van der Waals surface area contributed by atoms with Crippen molar-refractivity contribution < 1.29 is 13.2 Å². The van der Waals surface area contributed by atoms with Crippen molar-refractivity contribution >= 4 is 15.9 Å². The van der Waals surface area contributed by atoms with Crippen LogP contribution in [0, 0.1) is 0 Å². The predicted octanol–water partition coefficient (Wildman–Crippen LogP) is 0.692. The second-order valence-corrected chi connectivity index (χ2v) is 6.32. The van der Waals surface area contributed by atoms with Gasteiger partial charge in [-0.05, 0) is 18.9 Å². The van der Waals surface area contributed by atoms with Crippen LogP contribution in [-0.2, 0) is 9.84 Å². The van der Waals surface area contributed by atoms with Gasteiger partial charge in [0.05, 0.1) is 11.5 Å². The van der Waals surface area contributed by atoms with Crippen molar-refractivity contribution in [3.05, 3.63) is 12.3 Å². The molecule has 16 heavy (non-hydrogen) atoms. The van der Waals surface area contributed by atoms with E-state index in [2.05, 4.69) is 0 Å². The third-order valence-electron chi connectivity index (χ3n) is 2.50. The van der Waals surface area contributed by atoms with Crippen LogP contribution in [0.2, 0.25) is 0 Å². The Morgan fingerprint density at radius 3 is 2.06 bits per heavy atom. The zero-order valence-electron chi connectivity index (χ0n) is 9.72. The molecule has 1 saturated heterocycles. The molecule has 0 unspecified atom stereocenters. The van der Waals surface area contributed by atoms with Gasteiger partial charge in [0, 0.05) is 26.8 Å². The summed E-state index contributed by atoms with van der Waals surface area (Å²) >= 11 is 0. The van der Waals surface area contributed by atoms with Crippen LogP contribution in [0.3, 0.4) is 0 Å². The highest BCUT2D eigenvalue weighted by molar-refractivity contribution is 7.91. The van der Waals surface area contributed by atoms with Gasteiger partial charge in [-0.2, -0.15) is 0 Å². The van der Waals surface area contributed by atoms with E-state index in [9.17, 15) is 13.2 Å². The number of likely N-dealkylation sites (N-methyl/N-ethyl adjacent to an activating group) is 1. The molecule has 0 aromatic carbocycles. The Morgan fingerprint density at radius 1 is 1.19 bits per heavy atom. The first kappa shape index (κ1) is 13.0. The zero-order valence-corrected chi connectivity index (χ0v) is 10.5. The van der Waals surface area contributed by atoms with E-state index in [-0.39, 0.29) is 6.03 Å². The summed E-state index contributed by atoms with van der Waals surface area (Å²) in [6, 6.07) is 0.0532. The summed E-state index contributed by atoms with van der Waals surface area (Å²) in [5, 5.41) is 0. The van der Waals surface area contributed by atoms with E-state index in [1.807, 2.05) is 6.08 Å². The summed E-state index contributed by atoms with van der Waals surface area (Å²) in [5.74, 6) is 0.847. The largest absolute Gasteiger partial charge is 0.324 e. The van der Waals surface area contributed by atoms with E-state index >= 15 is 0 Å². The normalized spacial score (nSPS) is 23.0. The number of amides is 2. The Kier molecular flexibility index (Phi) is 4.35. The van der Waals surface area contributed by atoms with Crippen LogP contribution in [0.25, 0.3) is 0 Å². The molecule has 0 saturated carbocycles. The van der Waals surface area contributed by atoms with Gasteiger partial charge >= 0.3 is 6.03 Å². The van der Waals surface area contributed by atoms with Crippen molar-refractivity contribution in [2.24, 2.45) is 0 Å². The average Bonchev–Trinajstić information content (AvgIpc) is 2.60. The molecule has 6 heteroatoms. The number of rotatable bonds is 0. The first-order valence-corrected chi connectivity index (χ1v) is 7.09. The molecule has 2 amide bonds. The summed E-state index contributed by atoms with van der Waals surface area (Å²) in [6.07, 6.45) is 5.48. The van der Waals surface area contributed by atoms with Crippen LogP contribution >= 0.6 is 0 Å². The average molecular weight is 246 g/mol. The Bertz CT molecular complexity index is 364. The van der Waals surface area contributed by atoms with Gasteiger partial charge in [0.25, 0.3) is 0 Å². The molecule has 0 N–H and O–H groups in total.